The molecule has 3 rings (SSSR count). The molecule has 0 fully saturated rings. The monoisotopic (exact) mass is 355 g/mol. The van der Waals surface area contributed by atoms with E-state index < -0.39 is 0 Å². The molecule has 0 aliphatic carbocycles. The van der Waals surface area contributed by atoms with Gasteiger partial charge in [0.1, 0.15) is 5.82 Å². The average molecular weight is 355 g/mol. The van der Waals surface area contributed by atoms with Crippen LogP contribution in [-0.4, -0.2) is 48.3 Å². The fraction of sp³-hybridized carbons (Fsp3) is 0.300. The van der Waals surface area contributed by atoms with Crippen molar-refractivity contribution in [2.45, 2.75) is 19.1 Å². The largest absolute Gasteiger partial charge is 0.390 e. The van der Waals surface area contributed by atoms with Gasteiger partial charge in [-0.25, -0.2) is 9.18 Å². The first kappa shape index (κ1) is 17.9. The molecule has 5 nitrogen and oxygen atoms in total. The molecule has 1 aliphatic rings. The van der Waals surface area contributed by atoms with Gasteiger partial charge in [0.05, 0.1) is 12.3 Å². The molecule has 0 saturated heterocycles. The predicted molar refractivity (Wildman–Crippen MR) is 98.4 cm³/mol. The molecule has 0 radical (unpaired) electrons. The highest BCUT2D eigenvalue weighted by molar-refractivity contribution is 6.01. The van der Waals surface area contributed by atoms with Gasteiger partial charge in [-0.15, -0.1) is 0 Å². The number of urea groups is 1. The summed E-state index contributed by atoms with van der Waals surface area (Å²) in [6, 6.07) is 16.2. The molecular formula is C20H22FN3O2. The molecule has 1 unspecified atom stereocenters. The van der Waals surface area contributed by atoms with Gasteiger partial charge in [0.2, 0.25) is 0 Å². The number of oxime groups is 1. The lowest BCUT2D eigenvalue weighted by Crippen LogP contribution is -2.42. The number of benzene rings is 2. The highest BCUT2D eigenvalue weighted by Crippen LogP contribution is 2.20. The maximum absolute atomic E-state index is 13.9. The van der Waals surface area contributed by atoms with Crippen LogP contribution in [0.1, 0.15) is 17.5 Å². The van der Waals surface area contributed by atoms with Gasteiger partial charge in [-0.05, 0) is 11.6 Å². The summed E-state index contributed by atoms with van der Waals surface area (Å²) in [4.78, 5) is 21.3. The summed E-state index contributed by atoms with van der Waals surface area (Å²) in [6.45, 7) is 0.861. The van der Waals surface area contributed by atoms with Crippen molar-refractivity contribution >= 4 is 11.7 Å². The third-order valence-electron chi connectivity index (χ3n) is 4.21. The van der Waals surface area contributed by atoms with Gasteiger partial charge in [-0.3, -0.25) is 0 Å². The van der Waals surface area contributed by atoms with E-state index in [1.807, 2.05) is 30.3 Å². The van der Waals surface area contributed by atoms with E-state index in [1.54, 1.807) is 37.2 Å². The topological polar surface area (TPSA) is 45.1 Å². The summed E-state index contributed by atoms with van der Waals surface area (Å²) >= 11 is 0. The molecule has 2 aromatic carbocycles. The first-order valence-electron chi connectivity index (χ1n) is 8.52. The van der Waals surface area contributed by atoms with E-state index in [4.69, 9.17) is 4.84 Å². The average Bonchev–Trinajstić information content (AvgIpc) is 3.10. The Labute approximate surface area is 152 Å². The number of hydrogen-bond donors (Lipinski definition) is 0. The standard InChI is InChI=1S/C20H22FN3O2/c1-23(2)20(25)24(13-15-8-4-3-5-9-15)14-16-12-19(22-26-16)17-10-6-7-11-18(17)21/h3-11,16H,12-14H2,1-2H3. The van der Waals surface area contributed by atoms with Crippen molar-refractivity contribution < 1.29 is 14.0 Å². The predicted octanol–water partition coefficient (Wildman–Crippen LogP) is 3.50. The van der Waals surface area contributed by atoms with Crippen LogP contribution >= 0.6 is 0 Å². The van der Waals surface area contributed by atoms with Crippen LogP contribution < -0.4 is 0 Å². The van der Waals surface area contributed by atoms with Crippen LogP contribution in [0.5, 0.6) is 0 Å². The normalized spacial score (nSPS) is 16.0. The second-order valence-corrected chi connectivity index (χ2v) is 6.49. The summed E-state index contributed by atoms with van der Waals surface area (Å²) in [5.41, 5.74) is 2.06. The molecule has 0 N–H and O–H groups in total. The second kappa shape index (κ2) is 7.99. The minimum absolute atomic E-state index is 0.100. The summed E-state index contributed by atoms with van der Waals surface area (Å²) in [5.74, 6) is -0.319. The van der Waals surface area contributed by atoms with E-state index >= 15 is 0 Å². The van der Waals surface area contributed by atoms with Crippen molar-refractivity contribution in [2.75, 3.05) is 20.6 Å². The quantitative estimate of drug-likeness (QED) is 0.824. The van der Waals surface area contributed by atoms with Crippen molar-refractivity contribution in [3.8, 4) is 0 Å². The Morgan fingerprint density at radius 3 is 2.54 bits per heavy atom. The Balaban J connectivity index is 1.68. The van der Waals surface area contributed by atoms with Gasteiger partial charge in [-0.1, -0.05) is 53.7 Å². The number of carbonyl (C=O) groups is 1. The Morgan fingerprint density at radius 2 is 1.85 bits per heavy atom. The van der Waals surface area contributed by atoms with Crippen molar-refractivity contribution in [3.63, 3.8) is 0 Å². The highest BCUT2D eigenvalue weighted by atomic mass is 19.1. The molecule has 1 heterocycles. The Hall–Kier alpha value is -2.89. The molecule has 6 heteroatoms. The fourth-order valence-corrected chi connectivity index (χ4v) is 2.92. The zero-order chi connectivity index (χ0) is 18.5. The van der Waals surface area contributed by atoms with Gasteiger partial charge in [-0.2, -0.15) is 0 Å². The first-order chi connectivity index (χ1) is 12.5. The molecule has 2 aromatic rings. The van der Waals surface area contributed by atoms with Gasteiger partial charge < -0.3 is 14.6 Å². The van der Waals surface area contributed by atoms with Crippen LogP contribution in [0, 0.1) is 5.82 Å². The van der Waals surface area contributed by atoms with Crippen molar-refractivity contribution in [2.24, 2.45) is 5.16 Å². The summed E-state index contributed by atoms with van der Waals surface area (Å²) in [6.07, 6.45) is 0.171. The smallest absolute Gasteiger partial charge is 0.319 e. The molecule has 26 heavy (non-hydrogen) atoms. The van der Waals surface area contributed by atoms with E-state index in [0.29, 0.717) is 30.8 Å². The summed E-state index contributed by atoms with van der Waals surface area (Å²) in [5, 5.41) is 4.04. The maximum Gasteiger partial charge on any atom is 0.319 e. The Kier molecular flexibility index (Phi) is 5.51. The Morgan fingerprint density at radius 1 is 1.15 bits per heavy atom. The lowest BCUT2D eigenvalue weighted by Gasteiger charge is -2.27. The first-order valence-corrected chi connectivity index (χ1v) is 8.52. The van der Waals surface area contributed by atoms with E-state index in [-0.39, 0.29) is 18.0 Å². The van der Waals surface area contributed by atoms with Gasteiger partial charge in [0.25, 0.3) is 0 Å². The van der Waals surface area contributed by atoms with Gasteiger partial charge in [0.15, 0.2) is 6.10 Å². The number of hydrogen-bond acceptors (Lipinski definition) is 3. The molecule has 136 valence electrons. The minimum atomic E-state index is -0.319. The van der Waals surface area contributed by atoms with E-state index in [9.17, 15) is 9.18 Å². The second-order valence-electron chi connectivity index (χ2n) is 6.49. The van der Waals surface area contributed by atoms with Crippen LogP contribution in [0.25, 0.3) is 0 Å². The number of nitrogens with zero attached hydrogens (tertiary/aromatic N) is 3. The van der Waals surface area contributed by atoms with Crippen LogP contribution in [-0.2, 0) is 11.4 Å². The molecule has 1 aliphatic heterocycles. The number of halogens is 1. The fourth-order valence-electron chi connectivity index (χ4n) is 2.92. The van der Waals surface area contributed by atoms with Crippen LogP contribution in [0.3, 0.4) is 0 Å². The zero-order valence-corrected chi connectivity index (χ0v) is 14.9. The maximum atomic E-state index is 13.9. The highest BCUT2D eigenvalue weighted by Gasteiger charge is 2.28. The van der Waals surface area contributed by atoms with Crippen LogP contribution in [0.4, 0.5) is 9.18 Å². The molecular weight excluding hydrogens is 333 g/mol. The number of amides is 2. The van der Waals surface area contributed by atoms with Gasteiger partial charge >= 0.3 is 6.03 Å². The zero-order valence-electron chi connectivity index (χ0n) is 14.9. The molecule has 1 atom stereocenters. The van der Waals surface area contributed by atoms with Gasteiger partial charge in [0, 0.05) is 32.6 Å². The molecule has 2 amide bonds. The van der Waals surface area contributed by atoms with E-state index in [1.165, 1.54) is 11.0 Å². The van der Waals surface area contributed by atoms with E-state index in [2.05, 4.69) is 5.16 Å². The number of rotatable bonds is 5. The van der Waals surface area contributed by atoms with Crippen molar-refractivity contribution in [3.05, 3.63) is 71.5 Å². The number of carbonyl (C=O) groups excluding carboxylic acids is 1. The summed E-state index contributed by atoms with van der Waals surface area (Å²) in [7, 11) is 3.44. The molecule has 0 aromatic heterocycles. The molecule has 0 spiro atoms. The third kappa shape index (κ3) is 4.20. The van der Waals surface area contributed by atoms with Crippen LogP contribution in [0.2, 0.25) is 0 Å². The van der Waals surface area contributed by atoms with Crippen LogP contribution in [0.15, 0.2) is 59.8 Å². The molecule has 0 bridgehead atoms. The molecule has 0 saturated carbocycles. The third-order valence-corrected chi connectivity index (χ3v) is 4.21. The van der Waals surface area contributed by atoms with Crippen molar-refractivity contribution in [1.82, 2.24) is 9.80 Å². The lowest BCUT2D eigenvalue weighted by atomic mass is 10.0. The summed E-state index contributed by atoms with van der Waals surface area (Å²) < 4.78 is 13.9. The lowest BCUT2D eigenvalue weighted by molar-refractivity contribution is 0.0551. The van der Waals surface area contributed by atoms with E-state index in [0.717, 1.165) is 5.56 Å². The minimum Gasteiger partial charge on any atom is -0.390 e. The van der Waals surface area contributed by atoms with Crippen molar-refractivity contribution in [1.29, 1.82) is 0 Å². The SMILES string of the molecule is CN(C)C(=O)N(Cc1ccccc1)CC1CC(c2ccccc2F)=NO1. The Bertz CT molecular complexity index is 793.